The van der Waals surface area contributed by atoms with Gasteiger partial charge in [0.2, 0.25) is 11.8 Å². The average Bonchev–Trinajstić information content (AvgIpc) is 2.93. The van der Waals surface area contributed by atoms with E-state index in [9.17, 15) is 14.4 Å². The summed E-state index contributed by atoms with van der Waals surface area (Å²) in [5.41, 5.74) is 0.849. The van der Waals surface area contributed by atoms with Gasteiger partial charge in [0.25, 0.3) is 5.91 Å². The Morgan fingerprint density at radius 1 is 1.26 bits per heavy atom. The number of carbonyl (C=O) groups is 3. The molecule has 0 atom stereocenters. The first-order valence-corrected chi connectivity index (χ1v) is 5.62. The van der Waals surface area contributed by atoms with E-state index in [0.717, 1.165) is 5.69 Å². The monoisotopic (exact) mass is 265 g/mol. The van der Waals surface area contributed by atoms with Crippen LogP contribution in [0.3, 0.4) is 0 Å². The van der Waals surface area contributed by atoms with E-state index in [0.29, 0.717) is 6.42 Å². The number of imidazole rings is 1. The van der Waals surface area contributed by atoms with Crippen LogP contribution in [0, 0.1) is 0 Å². The van der Waals surface area contributed by atoms with E-state index in [1.807, 2.05) is 0 Å². The van der Waals surface area contributed by atoms with E-state index in [2.05, 4.69) is 32.3 Å². The van der Waals surface area contributed by atoms with Crippen LogP contribution in [0.5, 0.6) is 0 Å². The van der Waals surface area contributed by atoms with Crippen molar-refractivity contribution in [2.45, 2.75) is 12.8 Å². The van der Waals surface area contributed by atoms with Crippen molar-refractivity contribution in [1.29, 1.82) is 0 Å². The standard InChI is InChI=1S/C11H15N5O3/c1-12-10(18)5-15-11(19)6-14-9(17)3-2-8-4-13-7-16-8/h4,7H,1-3,5-6H2,(H,13,16)(H,14,17)(H,15,19). The summed E-state index contributed by atoms with van der Waals surface area (Å²) in [6.45, 7) is 2.64. The molecule has 0 unspecified atom stereocenters. The zero-order valence-corrected chi connectivity index (χ0v) is 10.3. The van der Waals surface area contributed by atoms with Gasteiger partial charge in [-0.15, -0.1) is 0 Å². The van der Waals surface area contributed by atoms with Crippen LogP contribution >= 0.6 is 0 Å². The lowest BCUT2D eigenvalue weighted by molar-refractivity contribution is -0.127. The van der Waals surface area contributed by atoms with Crippen LogP contribution in [0.1, 0.15) is 12.1 Å². The Morgan fingerprint density at radius 3 is 2.63 bits per heavy atom. The smallest absolute Gasteiger partial charge is 0.264 e. The van der Waals surface area contributed by atoms with Gasteiger partial charge < -0.3 is 15.6 Å². The topological polar surface area (TPSA) is 116 Å². The van der Waals surface area contributed by atoms with E-state index < -0.39 is 11.8 Å². The van der Waals surface area contributed by atoms with Gasteiger partial charge in [0.05, 0.1) is 19.4 Å². The highest BCUT2D eigenvalue weighted by atomic mass is 16.2. The molecule has 0 fully saturated rings. The third kappa shape index (κ3) is 6.10. The summed E-state index contributed by atoms with van der Waals surface area (Å²) in [6, 6.07) is 0. The van der Waals surface area contributed by atoms with E-state index in [1.54, 1.807) is 6.20 Å². The van der Waals surface area contributed by atoms with Crippen molar-refractivity contribution >= 4 is 24.4 Å². The maximum Gasteiger partial charge on any atom is 0.264 e. The molecule has 0 aliphatic carbocycles. The Hall–Kier alpha value is -2.51. The Kier molecular flexibility index (Phi) is 5.93. The number of carbonyl (C=O) groups excluding carboxylic acids is 3. The normalized spacial score (nSPS) is 9.68. The summed E-state index contributed by atoms with van der Waals surface area (Å²) in [7, 11) is 0. The van der Waals surface area contributed by atoms with Gasteiger partial charge in [-0.05, 0) is 13.1 Å². The first-order chi connectivity index (χ1) is 9.11. The zero-order chi connectivity index (χ0) is 14.1. The Balaban J connectivity index is 2.13. The van der Waals surface area contributed by atoms with Gasteiger partial charge in [-0.25, -0.2) is 9.98 Å². The molecular formula is C11H15N5O3. The number of aromatic amines is 1. The lowest BCUT2D eigenvalue weighted by atomic mass is 10.2. The molecule has 0 spiro atoms. The van der Waals surface area contributed by atoms with Crippen LogP contribution in [-0.2, 0) is 20.8 Å². The molecular weight excluding hydrogens is 250 g/mol. The van der Waals surface area contributed by atoms with Crippen molar-refractivity contribution < 1.29 is 14.4 Å². The Bertz CT molecular complexity index is 455. The number of rotatable bonds is 7. The lowest BCUT2D eigenvalue weighted by Gasteiger charge is -2.05. The minimum atomic E-state index is -0.529. The van der Waals surface area contributed by atoms with Crippen LogP contribution in [0.4, 0.5) is 0 Å². The molecule has 1 aromatic rings. The summed E-state index contributed by atoms with van der Waals surface area (Å²) in [4.78, 5) is 43.2. The molecule has 1 heterocycles. The third-order valence-corrected chi connectivity index (χ3v) is 2.24. The number of aryl methyl sites for hydroxylation is 1. The quantitative estimate of drug-likeness (QED) is 0.537. The molecule has 102 valence electrons. The minimum absolute atomic E-state index is 0.174. The molecule has 0 saturated carbocycles. The molecule has 0 aliphatic heterocycles. The molecule has 0 saturated heterocycles. The van der Waals surface area contributed by atoms with Gasteiger partial charge in [-0.3, -0.25) is 14.4 Å². The van der Waals surface area contributed by atoms with Gasteiger partial charge >= 0.3 is 0 Å². The number of H-pyrrole nitrogens is 1. The van der Waals surface area contributed by atoms with Crippen LogP contribution in [0.2, 0.25) is 0 Å². The van der Waals surface area contributed by atoms with Gasteiger partial charge in [-0.1, -0.05) is 0 Å². The fourth-order valence-electron chi connectivity index (χ4n) is 1.23. The van der Waals surface area contributed by atoms with E-state index in [4.69, 9.17) is 0 Å². The lowest BCUT2D eigenvalue weighted by Crippen LogP contribution is -2.38. The minimum Gasteiger partial charge on any atom is -0.348 e. The molecule has 0 aliphatic rings. The number of amides is 3. The number of aromatic nitrogens is 2. The Labute approximate surface area is 109 Å². The maximum absolute atomic E-state index is 11.4. The van der Waals surface area contributed by atoms with Crippen molar-refractivity contribution in [1.82, 2.24) is 20.6 Å². The number of nitrogens with one attached hydrogen (secondary N) is 3. The van der Waals surface area contributed by atoms with Crippen LogP contribution < -0.4 is 10.6 Å². The fraction of sp³-hybridized carbons (Fsp3) is 0.364. The molecule has 0 aromatic carbocycles. The van der Waals surface area contributed by atoms with Gasteiger partial charge in [0.1, 0.15) is 0 Å². The largest absolute Gasteiger partial charge is 0.348 e. The summed E-state index contributed by atoms with van der Waals surface area (Å²) >= 11 is 0. The van der Waals surface area contributed by atoms with Crippen LogP contribution in [0.15, 0.2) is 17.5 Å². The molecule has 3 amide bonds. The molecule has 1 rings (SSSR count). The highest BCUT2D eigenvalue weighted by molar-refractivity contribution is 5.89. The van der Waals surface area contributed by atoms with Crippen LogP contribution in [0.25, 0.3) is 0 Å². The van der Waals surface area contributed by atoms with Crippen LogP contribution in [-0.4, -0.2) is 47.5 Å². The van der Waals surface area contributed by atoms with Gasteiger partial charge in [0, 0.05) is 18.3 Å². The van der Waals surface area contributed by atoms with E-state index >= 15 is 0 Å². The fourth-order valence-corrected chi connectivity index (χ4v) is 1.23. The molecule has 8 nitrogen and oxygen atoms in total. The van der Waals surface area contributed by atoms with Crippen molar-refractivity contribution in [3.63, 3.8) is 0 Å². The second kappa shape index (κ2) is 7.75. The zero-order valence-electron chi connectivity index (χ0n) is 10.3. The first-order valence-electron chi connectivity index (χ1n) is 5.62. The van der Waals surface area contributed by atoms with Crippen molar-refractivity contribution in [3.05, 3.63) is 18.2 Å². The molecule has 0 bridgehead atoms. The number of aliphatic imine (C=N–C) groups is 1. The average molecular weight is 265 g/mol. The van der Waals surface area contributed by atoms with Crippen molar-refractivity contribution in [2.24, 2.45) is 4.99 Å². The van der Waals surface area contributed by atoms with E-state index in [-0.39, 0.29) is 25.4 Å². The number of nitrogens with zero attached hydrogens (tertiary/aromatic N) is 2. The summed E-state index contributed by atoms with van der Waals surface area (Å²) in [5.74, 6) is -1.23. The first kappa shape index (κ1) is 14.6. The predicted molar refractivity (Wildman–Crippen MR) is 67.5 cm³/mol. The second-order valence-electron chi connectivity index (χ2n) is 3.68. The van der Waals surface area contributed by atoms with Crippen molar-refractivity contribution in [2.75, 3.05) is 13.1 Å². The highest BCUT2D eigenvalue weighted by Gasteiger charge is 2.07. The summed E-state index contributed by atoms with van der Waals surface area (Å²) in [6.07, 6.45) is 3.94. The summed E-state index contributed by atoms with van der Waals surface area (Å²) < 4.78 is 0. The highest BCUT2D eigenvalue weighted by Crippen LogP contribution is 1.96. The van der Waals surface area contributed by atoms with Crippen molar-refractivity contribution in [3.8, 4) is 0 Å². The second-order valence-corrected chi connectivity index (χ2v) is 3.68. The molecule has 1 aromatic heterocycles. The summed E-state index contributed by atoms with van der Waals surface area (Å²) in [5, 5.41) is 4.75. The van der Waals surface area contributed by atoms with Gasteiger partial charge in [0.15, 0.2) is 0 Å². The third-order valence-electron chi connectivity index (χ3n) is 2.24. The Morgan fingerprint density at radius 2 is 2.00 bits per heavy atom. The van der Waals surface area contributed by atoms with E-state index in [1.165, 1.54) is 6.33 Å². The van der Waals surface area contributed by atoms with Gasteiger partial charge in [-0.2, -0.15) is 0 Å². The molecule has 8 heteroatoms. The molecule has 19 heavy (non-hydrogen) atoms. The molecule has 0 radical (unpaired) electrons. The predicted octanol–water partition coefficient (Wildman–Crippen LogP) is -1.20. The number of hydrogen-bond donors (Lipinski definition) is 3. The maximum atomic E-state index is 11.4. The SMILES string of the molecule is C=NC(=O)CNC(=O)CNC(=O)CCc1cnc[nH]1. The molecule has 3 N–H and O–H groups in total. The number of hydrogen-bond acceptors (Lipinski definition) is 4.